The molecule has 6 nitrogen and oxygen atoms in total. The molecule has 2 amide bonds. The minimum absolute atomic E-state index is 0.0519. The summed E-state index contributed by atoms with van der Waals surface area (Å²) in [5, 5.41) is 0. The number of rotatable bonds is 8. The lowest BCUT2D eigenvalue weighted by atomic mass is 10.1. The van der Waals surface area contributed by atoms with Crippen molar-refractivity contribution in [3.63, 3.8) is 0 Å². The van der Waals surface area contributed by atoms with Crippen LogP contribution < -0.4 is 4.90 Å². The quantitative estimate of drug-likeness (QED) is 0.499. The van der Waals surface area contributed by atoms with Crippen molar-refractivity contribution in [1.29, 1.82) is 0 Å². The lowest BCUT2D eigenvalue weighted by Gasteiger charge is -2.25. The molecular weight excluding hydrogens is 460 g/mol. The number of benzene rings is 2. The van der Waals surface area contributed by atoms with Crippen LogP contribution >= 0.6 is 0 Å². The average Bonchev–Trinajstić information content (AvgIpc) is 3.61. The van der Waals surface area contributed by atoms with E-state index in [0.717, 1.165) is 50.4 Å². The number of carbonyl (C=O) groups excluding carboxylic acids is 2. The fraction of sp³-hybridized carbons (Fsp3) is 0.419. The van der Waals surface area contributed by atoms with Crippen LogP contribution in [0.25, 0.3) is 0 Å². The predicted octanol–water partition coefficient (Wildman–Crippen LogP) is 4.61. The van der Waals surface area contributed by atoms with Crippen molar-refractivity contribution in [3.05, 3.63) is 89.0 Å². The van der Waals surface area contributed by atoms with E-state index >= 15 is 0 Å². The van der Waals surface area contributed by atoms with Crippen LogP contribution in [0.5, 0.6) is 0 Å². The molecule has 2 aromatic rings. The number of hydrogen-bond acceptors (Lipinski definition) is 4. The maximum absolute atomic E-state index is 13.6. The van der Waals surface area contributed by atoms with E-state index in [1.807, 2.05) is 53.1 Å². The topological polar surface area (TPSA) is 47.1 Å². The highest BCUT2D eigenvalue weighted by atomic mass is 16.2. The smallest absolute Gasteiger partial charge is 0.254 e. The fourth-order valence-electron chi connectivity index (χ4n) is 5.52. The van der Waals surface area contributed by atoms with E-state index in [1.165, 1.54) is 24.0 Å². The summed E-state index contributed by atoms with van der Waals surface area (Å²) in [5.74, 6) is 0.178. The van der Waals surface area contributed by atoms with Gasteiger partial charge in [-0.25, -0.2) is 0 Å². The Morgan fingerprint density at radius 3 is 2.35 bits per heavy atom. The molecule has 1 fully saturated rings. The van der Waals surface area contributed by atoms with E-state index < -0.39 is 0 Å². The Balaban J connectivity index is 1.38. The van der Waals surface area contributed by atoms with Crippen LogP contribution in [-0.2, 0) is 24.4 Å². The number of nitrogens with zero attached hydrogens (tertiary/aromatic N) is 4. The molecule has 0 bridgehead atoms. The Bertz CT molecular complexity index is 1160. The number of amides is 2. The first-order valence-electron chi connectivity index (χ1n) is 13.6. The normalized spacial score (nSPS) is 18.7. The molecule has 0 spiro atoms. The van der Waals surface area contributed by atoms with Crippen molar-refractivity contribution in [2.75, 3.05) is 44.2 Å². The Morgan fingerprint density at radius 1 is 0.892 bits per heavy atom. The monoisotopic (exact) mass is 498 g/mol. The highest BCUT2D eigenvalue weighted by Crippen LogP contribution is 2.30. The standard InChI is InChI=1S/C31H38N4O2/c1-2-3-4-17-33-23-28-14-11-26(21-32-15-5-6-16-32)20-29(28)35(30(36)24-33)22-25-9-12-27(13-10-25)31(37)34-18-7-8-19-34/h2-3,7-14,20H,4-6,15-19,21-24H2,1H3/b3-2-. The van der Waals surface area contributed by atoms with Gasteiger partial charge < -0.3 is 9.80 Å². The van der Waals surface area contributed by atoms with Crippen LogP contribution in [0.15, 0.2) is 66.8 Å². The van der Waals surface area contributed by atoms with Crippen molar-refractivity contribution < 1.29 is 9.59 Å². The number of fused-ring (bicyclic) bond motifs is 1. The lowest BCUT2D eigenvalue weighted by molar-refractivity contribution is -0.119. The van der Waals surface area contributed by atoms with E-state index in [4.69, 9.17) is 0 Å². The Hall–Kier alpha value is -3.22. The molecule has 3 aliphatic heterocycles. The van der Waals surface area contributed by atoms with Crippen molar-refractivity contribution in [1.82, 2.24) is 14.7 Å². The third-order valence-electron chi connectivity index (χ3n) is 7.59. The molecule has 2 aromatic carbocycles. The van der Waals surface area contributed by atoms with Gasteiger partial charge in [-0.15, -0.1) is 0 Å². The van der Waals surface area contributed by atoms with Gasteiger partial charge >= 0.3 is 0 Å². The van der Waals surface area contributed by atoms with E-state index in [2.05, 4.69) is 40.2 Å². The maximum atomic E-state index is 13.6. The zero-order valence-corrected chi connectivity index (χ0v) is 21.9. The van der Waals surface area contributed by atoms with Crippen molar-refractivity contribution >= 4 is 17.5 Å². The van der Waals surface area contributed by atoms with E-state index in [9.17, 15) is 9.59 Å². The van der Waals surface area contributed by atoms with Gasteiger partial charge in [-0.1, -0.05) is 48.6 Å². The lowest BCUT2D eigenvalue weighted by Crippen LogP contribution is -2.37. The van der Waals surface area contributed by atoms with Crippen molar-refractivity contribution in [3.8, 4) is 0 Å². The first-order valence-corrected chi connectivity index (χ1v) is 13.6. The average molecular weight is 499 g/mol. The fourth-order valence-corrected chi connectivity index (χ4v) is 5.52. The number of hydrogen-bond donors (Lipinski definition) is 0. The van der Waals surface area contributed by atoms with Crippen LogP contribution in [0.1, 0.15) is 53.2 Å². The second kappa shape index (κ2) is 11.9. The predicted molar refractivity (Wildman–Crippen MR) is 148 cm³/mol. The summed E-state index contributed by atoms with van der Waals surface area (Å²) in [6.45, 7) is 9.16. The molecule has 0 atom stereocenters. The van der Waals surface area contributed by atoms with E-state index in [0.29, 0.717) is 31.7 Å². The number of likely N-dealkylation sites (tertiary alicyclic amines) is 1. The Morgan fingerprint density at radius 2 is 1.62 bits per heavy atom. The molecule has 37 heavy (non-hydrogen) atoms. The van der Waals surface area contributed by atoms with Crippen LogP contribution in [0.3, 0.4) is 0 Å². The maximum Gasteiger partial charge on any atom is 0.254 e. The van der Waals surface area contributed by atoms with Gasteiger partial charge in [-0.3, -0.25) is 19.4 Å². The Labute approximate surface area is 220 Å². The van der Waals surface area contributed by atoms with Gasteiger partial charge in [-0.05, 0) is 74.2 Å². The van der Waals surface area contributed by atoms with Crippen LogP contribution in [0.4, 0.5) is 5.69 Å². The highest BCUT2D eigenvalue weighted by molar-refractivity contribution is 5.96. The molecule has 6 heteroatoms. The third kappa shape index (κ3) is 6.20. The zero-order valence-electron chi connectivity index (χ0n) is 21.9. The summed E-state index contributed by atoms with van der Waals surface area (Å²) in [7, 11) is 0. The molecule has 0 unspecified atom stereocenters. The van der Waals surface area contributed by atoms with Crippen LogP contribution in [0, 0.1) is 0 Å². The second-order valence-electron chi connectivity index (χ2n) is 10.4. The zero-order chi connectivity index (χ0) is 25.6. The number of carbonyl (C=O) groups is 2. The summed E-state index contributed by atoms with van der Waals surface area (Å²) in [5.41, 5.74) is 5.21. The highest BCUT2D eigenvalue weighted by Gasteiger charge is 2.27. The first kappa shape index (κ1) is 25.4. The van der Waals surface area contributed by atoms with E-state index in [1.54, 1.807) is 0 Å². The minimum atomic E-state index is 0.0519. The summed E-state index contributed by atoms with van der Waals surface area (Å²) in [6, 6.07) is 14.5. The molecule has 3 heterocycles. The van der Waals surface area contributed by atoms with Crippen LogP contribution in [-0.4, -0.2) is 65.8 Å². The van der Waals surface area contributed by atoms with Crippen LogP contribution in [0.2, 0.25) is 0 Å². The molecule has 0 saturated carbocycles. The molecule has 194 valence electrons. The van der Waals surface area contributed by atoms with Gasteiger partial charge in [0.15, 0.2) is 0 Å². The molecule has 0 aromatic heterocycles. The van der Waals surface area contributed by atoms with Gasteiger partial charge in [0.05, 0.1) is 13.1 Å². The van der Waals surface area contributed by atoms with Gasteiger partial charge in [0.25, 0.3) is 5.91 Å². The minimum Gasteiger partial charge on any atom is -0.331 e. The van der Waals surface area contributed by atoms with Gasteiger partial charge in [-0.2, -0.15) is 0 Å². The molecule has 0 radical (unpaired) electrons. The molecule has 0 aliphatic carbocycles. The molecule has 5 rings (SSSR count). The Kier molecular flexibility index (Phi) is 8.17. The first-order chi connectivity index (χ1) is 18.1. The molecule has 3 aliphatic rings. The summed E-state index contributed by atoms with van der Waals surface area (Å²) < 4.78 is 0. The van der Waals surface area contributed by atoms with Gasteiger partial charge in [0.1, 0.15) is 0 Å². The molecule has 0 N–H and O–H groups in total. The van der Waals surface area contributed by atoms with Gasteiger partial charge in [0.2, 0.25) is 5.91 Å². The summed E-state index contributed by atoms with van der Waals surface area (Å²) in [6.07, 6.45) is 11.7. The van der Waals surface area contributed by atoms with Crippen molar-refractivity contribution in [2.45, 2.75) is 45.8 Å². The number of allylic oxidation sites excluding steroid dienone is 1. The second-order valence-corrected chi connectivity index (χ2v) is 10.4. The van der Waals surface area contributed by atoms with Gasteiger partial charge in [0, 0.05) is 44.0 Å². The largest absolute Gasteiger partial charge is 0.331 e. The number of anilines is 1. The molecule has 1 saturated heterocycles. The van der Waals surface area contributed by atoms with E-state index in [-0.39, 0.29) is 11.8 Å². The SMILES string of the molecule is C/C=C\CCN1CC(=O)N(Cc2ccc(C(=O)N3CC=CC3)cc2)c2cc(CN3CCCC3)ccc2C1. The van der Waals surface area contributed by atoms with Crippen molar-refractivity contribution in [2.24, 2.45) is 0 Å². The third-order valence-corrected chi connectivity index (χ3v) is 7.59. The molecular formula is C31H38N4O2. The summed E-state index contributed by atoms with van der Waals surface area (Å²) in [4.78, 5) is 34.9. The summed E-state index contributed by atoms with van der Waals surface area (Å²) >= 11 is 0.